The van der Waals surface area contributed by atoms with Gasteiger partial charge in [0.1, 0.15) is 0 Å². The second-order valence-electron chi connectivity index (χ2n) is 8.24. The zero-order valence-corrected chi connectivity index (χ0v) is 19.1. The molecule has 6 nitrogen and oxygen atoms in total. The molecule has 0 radical (unpaired) electrons. The number of unbranched alkanes of at least 4 members (excludes halogenated alkanes) is 2. The van der Waals surface area contributed by atoms with Crippen LogP contribution in [0.5, 0.6) is 0 Å². The molecule has 4 rings (SSSR count). The minimum Gasteiger partial charge on any atom is -0.465 e. The van der Waals surface area contributed by atoms with Crippen molar-refractivity contribution >= 4 is 28.9 Å². The Labute approximate surface area is 189 Å². The topological polar surface area (TPSA) is 64.4 Å². The number of anilines is 1. The van der Waals surface area contributed by atoms with Crippen LogP contribution in [0.4, 0.5) is 5.95 Å². The SMILES string of the molecule is CCCCCN1C(=O)C(C(=O)OCC)C(c2ccc(CC)cc2)n2c1nc1ccccc12. The van der Waals surface area contributed by atoms with Crippen molar-refractivity contribution in [3.05, 3.63) is 59.7 Å². The molecule has 32 heavy (non-hydrogen) atoms. The van der Waals surface area contributed by atoms with E-state index in [1.807, 2.05) is 36.4 Å². The van der Waals surface area contributed by atoms with Crippen LogP contribution in [0.2, 0.25) is 0 Å². The van der Waals surface area contributed by atoms with Crippen molar-refractivity contribution in [2.45, 2.75) is 52.5 Å². The van der Waals surface area contributed by atoms with Gasteiger partial charge in [0.15, 0.2) is 5.92 Å². The molecule has 0 N–H and O–H groups in total. The van der Waals surface area contributed by atoms with Crippen molar-refractivity contribution in [1.82, 2.24) is 9.55 Å². The van der Waals surface area contributed by atoms with Gasteiger partial charge in [-0.2, -0.15) is 0 Å². The first-order valence-corrected chi connectivity index (χ1v) is 11.6. The van der Waals surface area contributed by atoms with Crippen LogP contribution in [0.25, 0.3) is 11.0 Å². The predicted octanol–water partition coefficient (Wildman–Crippen LogP) is 4.90. The number of amides is 1. The molecule has 2 atom stereocenters. The van der Waals surface area contributed by atoms with Crippen LogP contribution in [-0.4, -0.2) is 34.6 Å². The lowest BCUT2D eigenvalue weighted by Gasteiger charge is -2.38. The quantitative estimate of drug-likeness (QED) is 0.288. The Hall–Kier alpha value is -3.15. The average molecular weight is 434 g/mol. The number of carbonyl (C=O) groups excluding carboxylic acids is 2. The molecule has 0 saturated heterocycles. The highest BCUT2D eigenvalue weighted by molar-refractivity contribution is 6.08. The Morgan fingerprint density at radius 1 is 1.03 bits per heavy atom. The van der Waals surface area contributed by atoms with Crippen LogP contribution in [0.1, 0.15) is 57.2 Å². The molecule has 3 aromatic rings. The summed E-state index contributed by atoms with van der Waals surface area (Å²) in [7, 11) is 0. The van der Waals surface area contributed by atoms with Gasteiger partial charge in [-0.05, 0) is 43.0 Å². The van der Waals surface area contributed by atoms with Crippen LogP contribution in [0.15, 0.2) is 48.5 Å². The maximum absolute atomic E-state index is 13.8. The molecule has 1 aromatic heterocycles. The van der Waals surface area contributed by atoms with Gasteiger partial charge in [-0.25, -0.2) is 4.98 Å². The number of ether oxygens (including phenoxy) is 1. The van der Waals surface area contributed by atoms with Crippen molar-refractivity contribution in [3.8, 4) is 0 Å². The van der Waals surface area contributed by atoms with E-state index in [0.29, 0.717) is 12.5 Å². The summed E-state index contributed by atoms with van der Waals surface area (Å²) < 4.78 is 7.47. The van der Waals surface area contributed by atoms with Crippen LogP contribution in [0, 0.1) is 5.92 Å². The third-order valence-corrected chi connectivity index (χ3v) is 6.20. The predicted molar refractivity (Wildman–Crippen MR) is 126 cm³/mol. The van der Waals surface area contributed by atoms with Crippen molar-refractivity contribution in [1.29, 1.82) is 0 Å². The minimum absolute atomic E-state index is 0.230. The maximum atomic E-state index is 13.8. The van der Waals surface area contributed by atoms with Crippen molar-refractivity contribution < 1.29 is 14.3 Å². The number of rotatable bonds is 8. The van der Waals surface area contributed by atoms with E-state index in [1.165, 1.54) is 5.56 Å². The van der Waals surface area contributed by atoms with Gasteiger partial charge in [0.2, 0.25) is 11.9 Å². The Bertz CT molecular complexity index is 1100. The molecular weight excluding hydrogens is 402 g/mol. The summed E-state index contributed by atoms with van der Waals surface area (Å²) in [4.78, 5) is 33.4. The fourth-order valence-electron chi connectivity index (χ4n) is 4.53. The fraction of sp³-hybridized carbons (Fsp3) is 0.423. The number of aryl methyl sites for hydroxylation is 1. The molecule has 168 valence electrons. The summed E-state index contributed by atoms with van der Waals surface area (Å²) in [5, 5.41) is 0. The summed E-state index contributed by atoms with van der Waals surface area (Å²) >= 11 is 0. The molecule has 6 heteroatoms. The van der Waals surface area contributed by atoms with E-state index in [0.717, 1.165) is 42.3 Å². The lowest BCUT2D eigenvalue weighted by atomic mass is 9.88. The molecule has 2 aromatic carbocycles. The van der Waals surface area contributed by atoms with Crippen LogP contribution in [0.3, 0.4) is 0 Å². The second-order valence-corrected chi connectivity index (χ2v) is 8.24. The average Bonchev–Trinajstić information content (AvgIpc) is 3.19. The number of carbonyl (C=O) groups is 2. The standard InChI is InChI=1S/C26H31N3O3/c1-4-7-10-17-28-24(30)22(25(31)32-6-3)23(19-15-13-18(5-2)14-16-19)29-21-12-9-8-11-20(21)27-26(28)29/h8-9,11-16,22-23H,4-7,10,17H2,1-3H3. The number of para-hydroxylation sites is 2. The lowest BCUT2D eigenvalue weighted by Crippen LogP contribution is -2.50. The van der Waals surface area contributed by atoms with Crippen LogP contribution in [-0.2, 0) is 20.7 Å². The van der Waals surface area contributed by atoms with Gasteiger partial charge in [0, 0.05) is 6.54 Å². The van der Waals surface area contributed by atoms with E-state index in [4.69, 9.17) is 9.72 Å². The molecular formula is C26H31N3O3. The van der Waals surface area contributed by atoms with Gasteiger partial charge in [-0.3, -0.25) is 14.5 Å². The Balaban J connectivity index is 1.92. The number of imidazole rings is 1. The monoisotopic (exact) mass is 433 g/mol. The molecule has 0 fully saturated rings. The molecule has 2 heterocycles. The van der Waals surface area contributed by atoms with E-state index in [1.54, 1.807) is 11.8 Å². The highest BCUT2D eigenvalue weighted by atomic mass is 16.5. The van der Waals surface area contributed by atoms with Crippen molar-refractivity contribution in [2.75, 3.05) is 18.1 Å². The van der Waals surface area contributed by atoms with E-state index in [9.17, 15) is 9.59 Å². The van der Waals surface area contributed by atoms with E-state index < -0.39 is 17.9 Å². The molecule has 1 aliphatic rings. The molecule has 1 amide bonds. The maximum Gasteiger partial charge on any atom is 0.321 e. The molecule has 2 unspecified atom stereocenters. The molecule has 0 bridgehead atoms. The van der Waals surface area contributed by atoms with Gasteiger partial charge in [-0.15, -0.1) is 0 Å². The van der Waals surface area contributed by atoms with Gasteiger partial charge in [0.25, 0.3) is 0 Å². The first-order valence-electron chi connectivity index (χ1n) is 11.6. The summed E-state index contributed by atoms with van der Waals surface area (Å²) in [6, 6.07) is 15.5. The molecule has 0 spiro atoms. The number of fused-ring (bicyclic) bond motifs is 3. The number of hydrogen-bond acceptors (Lipinski definition) is 4. The second kappa shape index (κ2) is 9.55. The largest absolute Gasteiger partial charge is 0.465 e. The lowest BCUT2D eigenvalue weighted by molar-refractivity contribution is -0.153. The molecule has 0 aliphatic carbocycles. The molecule has 1 aliphatic heterocycles. The van der Waals surface area contributed by atoms with Gasteiger partial charge < -0.3 is 9.30 Å². The Morgan fingerprint density at radius 2 is 1.78 bits per heavy atom. The van der Waals surface area contributed by atoms with Crippen LogP contribution < -0.4 is 4.90 Å². The zero-order valence-electron chi connectivity index (χ0n) is 19.1. The Kier molecular flexibility index (Phi) is 6.58. The number of benzene rings is 2. The van der Waals surface area contributed by atoms with E-state index in [-0.39, 0.29) is 12.5 Å². The zero-order chi connectivity index (χ0) is 22.7. The van der Waals surface area contributed by atoms with Crippen molar-refractivity contribution in [2.24, 2.45) is 5.92 Å². The summed E-state index contributed by atoms with van der Waals surface area (Å²) in [6.07, 6.45) is 3.84. The van der Waals surface area contributed by atoms with E-state index >= 15 is 0 Å². The summed E-state index contributed by atoms with van der Waals surface area (Å²) in [5.41, 5.74) is 3.84. The number of aromatic nitrogens is 2. The molecule has 0 saturated carbocycles. The third-order valence-electron chi connectivity index (χ3n) is 6.20. The third kappa shape index (κ3) is 3.90. The van der Waals surface area contributed by atoms with Gasteiger partial charge >= 0.3 is 5.97 Å². The smallest absolute Gasteiger partial charge is 0.321 e. The first kappa shape index (κ1) is 22.1. The number of hydrogen-bond donors (Lipinski definition) is 0. The minimum atomic E-state index is -0.950. The van der Waals surface area contributed by atoms with Crippen molar-refractivity contribution in [3.63, 3.8) is 0 Å². The number of esters is 1. The highest BCUT2D eigenvalue weighted by Gasteiger charge is 2.47. The number of nitrogens with zero attached hydrogens (tertiary/aromatic N) is 3. The summed E-state index contributed by atoms with van der Waals surface area (Å²) in [6.45, 7) is 6.78. The normalized spacial score (nSPS) is 18.1. The Morgan fingerprint density at radius 3 is 2.47 bits per heavy atom. The highest BCUT2D eigenvalue weighted by Crippen LogP contribution is 2.41. The van der Waals surface area contributed by atoms with Gasteiger partial charge in [0.05, 0.1) is 23.7 Å². The van der Waals surface area contributed by atoms with Gasteiger partial charge in [-0.1, -0.05) is 63.1 Å². The van der Waals surface area contributed by atoms with Crippen LogP contribution >= 0.6 is 0 Å². The summed E-state index contributed by atoms with van der Waals surface area (Å²) in [5.74, 6) is -1.05. The fourth-order valence-corrected chi connectivity index (χ4v) is 4.53. The first-order chi connectivity index (χ1) is 15.6. The van der Waals surface area contributed by atoms with E-state index in [2.05, 4.69) is 30.5 Å².